The van der Waals surface area contributed by atoms with Crippen LogP contribution in [-0.2, 0) is 4.79 Å². The highest BCUT2D eigenvalue weighted by molar-refractivity contribution is 7.98. The summed E-state index contributed by atoms with van der Waals surface area (Å²) in [5.41, 5.74) is 1.60. The van der Waals surface area contributed by atoms with Crippen molar-refractivity contribution in [3.8, 4) is 0 Å². The first-order valence-corrected chi connectivity index (χ1v) is 7.54. The molecule has 1 aromatic carbocycles. The number of thioether (sulfide) groups is 1. The highest BCUT2D eigenvalue weighted by atomic mass is 32.2. The maximum Gasteiger partial charge on any atom is 0.321 e. The molecular formula is C13H17N3O2S. The van der Waals surface area contributed by atoms with Crippen molar-refractivity contribution in [1.82, 2.24) is 5.32 Å². The van der Waals surface area contributed by atoms with E-state index in [1.807, 2.05) is 30.5 Å². The summed E-state index contributed by atoms with van der Waals surface area (Å²) in [5, 5.41) is 5.59. The molecule has 1 fully saturated rings. The van der Waals surface area contributed by atoms with Gasteiger partial charge in [-0.05, 0) is 30.5 Å². The number of carbonyl (C=O) groups is 2. The van der Waals surface area contributed by atoms with Crippen molar-refractivity contribution in [3.05, 3.63) is 24.3 Å². The molecule has 0 radical (unpaired) electrons. The first kappa shape index (κ1) is 13.7. The van der Waals surface area contributed by atoms with Gasteiger partial charge in [0.2, 0.25) is 5.91 Å². The number of nitrogens with one attached hydrogen (secondary N) is 2. The van der Waals surface area contributed by atoms with Crippen molar-refractivity contribution < 1.29 is 9.59 Å². The van der Waals surface area contributed by atoms with Crippen LogP contribution in [0.25, 0.3) is 0 Å². The van der Waals surface area contributed by atoms with Gasteiger partial charge in [-0.3, -0.25) is 9.69 Å². The zero-order valence-electron chi connectivity index (χ0n) is 10.8. The largest absolute Gasteiger partial charge is 0.336 e. The number of hydrogen-bond acceptors (Lipinski definition) is 3. The Balaban J connectivity index is 1.94. The minimum Gasteiger partial charge on any atom is -0.336 e. The fraction of sp³-hybridized carbons (Fsp3) is 0.385. The minimum absolute atomic E-state index is 0.0148. The summed E-state index contributed by atoms with van der Waals surface area (Å²) in [4.78, 5) is 24.7. The van der Waals surface area contributed by atoms with Gasteiger partial charge in [-0.1, -0.05) is 0 Å². The summed E-state index contributed by atoms with van der Waals surface area (Å²) in [7, 11) is 0. The van der Waals surface area contributed by atoms with E-state index in [0.29, 0.717) is 19.5 Å². The van der Waals surface area contributed by atoms with Gasteiger partial charge in [-0.15, -0.1) is 0 Å². The van der Waals surface area contributed by atoms with Crippen LogP contribution in [0.3, 0.4) is 0 Å². The topological polar surface area (TPSA) is 61.4 Å². The summed E-state index contributed by atoms with van der Waals surface area (Å²) in [5.74, 6) is 0.832. The first-order chi connectivity index (χ1) is 9.20. The fourth-order valence-electron chi connectivity index (χ4n) is 1.86. The van der Waals surface area contributed by atoms with E-state index in [9.17, 15) is 9.59 Å². The van der Waals surface area contributed by atoms with Crippen LogP contribution in [0, 0.1) is 0 Å². The molecule has 1 saturated heterocycles. The van der Waals surface area contributed by atoms with Gasteiger partial charge >= 0.3 is 6.03 Å². The van der Waals surface area contributed by atoms with E-state index in [-0.39, 0.29) is 11.9 Å². The number of benzene rings is 1. The van der Waals surface area contributed by atoms with E-state index < -0.39 is 0 Å². The quantitative estimate of drug-likeness (QED) is 0.865. The summed E-state index contributed by atoms with van der Waals surface area (Å²) < 4.78 is 0. The lowest BCUT2D eigenvalue weighted by atomic mass is 10.2. The van der Waals surface area contributed by atoms with Crippen molar-refractivity contribution in [2.24, 2.45) is 0 Å². The molecule has 0 saturated carbocycles. The predicted octanol–water partition coefficient (Wildman–Crippen LogP) is 1.91. The standard InChI is InChI=1S/C13H17N3O2S/c1-19-9-6-12(17)15-10-2-4-11(5-3-10)16-8-7-14-13(16)18/h2-5H,6-9H2,1H3,(H,14,18)(H,15,17). The average Bonchev–Trinajstić information content (AvgIpc) is 2.83. The molecule has 1 aliphatic heterocycles. The Kier molecular flexibility index (Phi) is 4.68. The number of nitrogens with zero attached hydrogens (tertiary/aromatic N) is 1. The van der Waals surface area contributed by atoms with Gasteiger partial charge in [-0.25, -0.2) is 4.79 Å². The van der Waals surface area contributed by atoms with Gasteiger partial charge in [0, 0.05) is 36.6 Å². The lowest BCUT2D eigenvalue weighted by Gasteiger charge is -2.14. The number of urea groups is 1. The normalized spacial score (nSPS) is 14.4. The van der Waals surface area contributed by atoms with Crippen molar-refractivity contribution in [2.45, 2.75) is 6.42 Å². The van der Waals surface area contributed by atoms with Crippen LogP contribution in [0.1, 0.15) is 6.42 Å². The van der Waals surface area contributed by atoms with Crippen LogP contribution in [0.15, 0.2) is 24.3 Å². The molecule has 5 nitrogen and oxygen atoms in total. The molecular weight excluding hydrogens is 262 g/mol. The predicted molar refractivity (Wildman–Crippen MR) is 78.8 cm³/mol. The summed E-state index contributed by atoms with van der Waals surface area (Å²) in [6, 6.07) is 7.25. The maximum absolute atomic E-state index is 11.6. The maximum atomic E-state index is 11.6. The molecule has 0 unspecified atom stereocenters. The smallest absolute Gasteiger partial charge is 0.321 e. The highest BCUT2D eigenvalue weighted by Crippen LogP contribution is 2.19. The Labute approximate surface area is 116 Å². The van der Waals surface area contributed by atoms with Crippen LogP contribution in [0.5, 0.6) is 0 Å². The minimum atomic E-state index is -0.0724. The molecule has 3 amide bonds. The van der Waals surface area contributed by atoms with Gasteiger partial charge in [0.05, 0.1) is 0 Å². The number of amides is 3. The third kappa shape index (κ3) is 3.64. The second-order valence-electron chi connectivity index (χ2n) is 4.22. The molecule has 1 aromatic rings. The Hall–Kier alpha value is -1.69. The molecule has 6 heteroatoms. The van der Waals surface area contributed by atoms with Gasteiger partial charge in [0.1, 0.15) is 0 Å². The monoisotopic (exact) mass is 279 g/mol. The zero-order chi connectivity index (χ0) is 13.7. The number of hydrogen-bond donors (Lipinski definition) is 2. The molecule has 0 bridgehead atoms. The third-order valence-corrected chi connectivity index (χ3v) is 3.47. The SMILES string of the molecule is CSCCC(=O)Nc1ccc(N2CCNC2=O)cc1. The van der Waals surface area contributed by atoms with Crippen molar-refractivity contribution in [1.29, 1.82) is 0 Å². The molecule has 0 atom stereocenters. The summed E-state index contributed by atoms with van der Waals surface area (Å²) in [6.45, 7) is 1.35. The van der Waals surface area contributed by atoms with Crippen LogP contribution < -0.4 is 15.5 Å². The zero-order valence-corrected chi connectivity index (χ0v) is 11.6. The van der Waals surface area contributed by atoms with E-state index in [4.69, 9.17) is 0 Å². The van der Waals surface area contributed by atoms with Gasteiger partial charge in [-0.2, -0.15) is 11.8 Å². The molecule has 1 aliphatic rings. The fourth-order valence-corrected chi connectivity index (χ4v) is 2.25. The number of carbonyl (C=O) groups excluding carboxylic acids is 2. The highest BCUT2D eigenvalue weighted by Gasteiger charge is 2.20. The Bertz CT molecular complexity index is 461. The second-order valence-corrected chi connectivity index (χ2v) is 5.21. The molecule has 102 valence electrons. The Morgan fingerprint density at radius 3 is 2.74 bits per heavy atom. The molecule has 2 rings (SSSR count). The molecule has 19 heavy (non-hydrogen) atoms. The van der Waals surface area contributed by atoms with E-state index in [1.54, 1.807) is 16.7 Å². The summed E-state index contributed by atoms with van der Waals surface area (Å²) in [6.07, 6.45) is 2.49. The summed E-state index contributed by atoms with van der Waals surface area (Å²) >= 11 is 1.65. The van der Waals surface area contributed by atoms with Gasteiger partial charge < -0.3 is 10.6 Å². The van der Waals surface area contributed by atoms with Crippen LogP contribution in [-0.4, -0.2) is 37.0 Å². The molecule has 2 N–H and O–H groups in total. The Morgan fingerprint density at radius 1 is 1.42 bits per heavy atom. The van der Waals surface area contributed by atoms with E-state index in [2.05, 4.69) is 10.6 Å². The van der Waals surface area contributed by atoms with Crippen molar-refractivity contribution in [2.75, 3.05) is 35.3 Å². The van der Waals surface area contributed by atoms with Crippen LogP contribution >= 0.6 is 11.8 Å². The van der Waals surface area contributed by atoms with Gasteiger partial charge in [0.25, 0.3) is 0 Å². The van der Waals surface area contributed by atoms with Crippen molar-refractivity contribution in [3.63, 3.8) is 0 Å². The lowest BCUT2D eigenvalue weighted by Crippen LogP contribution is -2.27. The number of rotatable bonds is 5. The van der Waals surface area contributed by atoms with E-state index in [1.165, 1.54) is 0 Å². The molecule has 0 aliphatic carbocycles. The first-order valence-electron chi connectivity index (χ1n) is 6.15. The number of anilines is 2. The van der Waals surface area contributed by atoms with Gasteiger partial charge in [0.15, 0.2) is 0 Å². The molecule has 1 heterocycles. The second kappa shape index (κ2) is 6.47. The van der Waals surface area contributed by atoms with E-state index in [0.717, 1.165) is 17.1 Å². The van der Waals surface area contributed by atoms with Crippen LogP contribution in [0.4, 0.5) is 16.2 Å². The molecule has 0 aromatic heterocycles. The lowest BCUT2D eigenvalue weighted by molar-refractivity contribution is -0.115. The third-order valence-electron chi connectivity index (χ3n) is 2.85. The molecule has 0 spiro atoms. The van der Waals surface area contributed by atoms with E-state index >= 15 is 0 Å². The Morgan fingerprint density at radius 2 is 2.16 bits per heavy atom. The average molecular weight is 279 g/mol. The van der Waals surface area contributed by atoms with Crippen molar-refractivity contribution >= 4 is 35.1 Å². The van der Waals surface area contributed by atoms with Crippen LogP contribution in [0.2, 0.25) is 0 Å².